The average molecular weight is 416 g/mol. The number of anilines is 1. The maximum atomic E-state index is 13.5. The molecule has 4 heterocycles. The minimum Gasteiger partial charge on any atom is -0.362 e. The predicted octanol–water partition coefficient (Wildman–Crippen LogP) is 2.72. The van der Waals surface area contributed by atoms with Gasteiger partial charge in [0.1, 0.15) is 0 Å². The second-order valence-corrected chi connectivity index (χ2v) is 7.95. The van der Waals surface area contributed by atoms with E-state index < -0.39 is 0 Å². The molecule has 3 aromatic heterocycles. The first-order chi connectivity index (χ1) is 15.1. The van der Waals surface area contributed by atoms with Crippen LogP contribution >= 0.6 is 0 Å². The molecule has 1 N–H and O–H groups in total. The van der Waals surface area contributed by atoms with Crippen molar-refractivity contribution in [3.05, 3.63) is 66.5 Å². The Morgan fingerprint density at radius 1 is 1.13 bits per heavy atom. The number of aryl methyl sites for hydroxylation is 1. The third-order valence-electron chi connectivity index (χ3n) is 5.75. The van der Waals surface area contributed by atoms with Crippen molar-refractivity contribution in [2.45, 2.75) is 38.8 Å². The van der Waals surface area contributed by atoms with Gasteiger partial charge in [-0.25, -0.2) is 9.97 Å². The summed E-state index contributed by atoms with van der Waals surface area (Å²) in [4.78, 5) is 26.0. The lowest BCUT2D eigenvalue weighted by molar-refractivity contribution is 0.0621. The zero-order valence-corrected chi connectivity index (χ0v) is 17.5. The molecule has 5 rings (SSSR count). The van der Waals surface area contributed by atoms with Gasteiger partial charge in [-0.1, -0.05) is 12.1 Å². The van der Waals surface area contributed by atoms with Crippen molar-refractivity contribution in [1.82, 2.24) is 34.3 Å². The Labute approximate surface area is 179 Å². The molecule has 158 valence electrons. The fourth-order valence-corrected chi connectivity index (χ4v) is 4.17. The molecule has 4 aromatic rings. The number of aromatic nitrogens is 6. The molecule has 2 atom stereocenters. The van der Waals surface area contributed by atoms with E-state index >= 15 is 0 Å². The van der Waals surface area contributed by atoms with E-state index in [1.54, 1.807) is 18.6 Å². The fraction of sp³-hybridized carbons (Fsp3) is 0.318. The Bertz CT molecular complexity index is 1220. The van der Waals surface area contributed by atoms with Crippen LogP contribution in [-0.2, 0) is 0 Å². The van der Waals surface area contributed by atoms with E-state index in [9.17, 15) is 4.79 Å². The quantitative estimate of drug-likeness (QED) is 0.550. The first-order valence-electron chi connectivity index (χ1n) is 10.4. The van der Waals surface area contributed by atoms with E-state index in [-0.39, 0.29) is 18.0 Å². The molecule has 9 nitrogen and oxygen atoms in total. The molecule has 0 radical (unpaired) electrons. The molecule has 0 spiro atoms. The SMILES string of the molecule is Cc1cn2ccnc(NC3CC[C@@H](C)N(C(=O)c4ccccc4-n4nccn4)C3)c2n1. The van der Waals surface area contributed by atoms with Crippen LogP contribution in [0.4, 0.5) is 5.82 Å². The molecule has 1 saturated heterocycles. The normalized spacial score (nSPS) is 19.0. The summed E-state index contributed by atoms with van der Waals surface area (Å²) >= 11 is 0. The molecule has 9 heteroatoms. The van der Waals surface area contributed by atoms with E-state index in [0.29, 0.717) is 17.8 Å². The first-order valence-corrected chi connectivity index (χ1v) is 10.4. The van der Waals surface area contributed by atoms with Gasteiger partial charge >= 0.3 is 0 Å². The summed E-state index contributed by atoms with van der Waals surface area (Å²) in [5.74, 6) is 0.721. The highest BCUT2D eigenvalue weighted by Gasteiger charge is 2.31. The predicted molar refractivity (Wildman–Crippen MR) is 116 cm³/mol. The maximum absolute atomic E-state index is 13.5. The van der Waals surface area contributed by atoms with Gasteiger partial charge in [-0.3, -0.25) is 4.79 Å². The first kappa shape index (κ1) is 19.2. The number of carbonyl (C=O) groups is 1. The highest BCUT2D eigenvalue weighted by atomic mass is 16.2. The van der Waals surface area contributed by atoms with Crippen LogP contribution in [0.3, 0.4) is 0 Å². The van der Waals surface area contributed by atoms with Crippen molar-refractivity contribution in [2.75, 3.05) is 11.9 Å². The summed E-state index contributed by atoms with van der Waals surface area (Å²) in [5, 5.41) is 11.9. The van der Waals surface area contributed by atoms with Gasteiger partial charge in [0.15, 0.2) is 11.5 Å². The zero-order valence-electron chi connectivity index (χ0n) is 17.5. The van der Waals surface area contributed by atoms with Gasteiger partial charge in [0.25, 0.3) is 5.91 Å². The molecular weight excluding hydrogens is 392 g/mol. The van der Waals surface area contributed by atoms with E-state index in [1.807, 2.05) is 52.9 Å². The van der Waals surface area contributed by atoms with E-state index in [0.717, 1.165) is 30.0 Å². The van der Waals surface area contributed by atoms with Gasteiger partial charge in [-0.15, -0.1) is 0 Å². The number of rotatable bonds is 4. The van der Waals surface area contributed by atoms with Crippen LogP contribution in [0.25, 0.3) is 11.3 Å². The second-order valence-electron chi connectivity index (χ2n) is 7.95. The zero-order chi connectivity index (χ0) is 21.4. The van der Waals surface area contributed by atoms with Crippen LogP contribution in [-0.4, -0.2) is 58.8 Å². The standard InChI is InChI=1S/C22H24N8O/c1-15-13-28-12-11-23-20(21(28)26-15)27-17-8-7-16(2)29(14-17)22(31)18-5-3-4-6-19(18)30-24-9-10-25-30/h3-6,9-13,16-17H,7-8,14H2,1-2H3,(H,23,27)/t16-,17?/m1/s1. The van der Waals surface area contributed by atoms with Gasteiger partial charge in [0.2, 0.25) is 0 Å². The number of nitrogens with zero attached hydrogens (tertiary/aromatic N) is 7. The molecule has 0 bridgehead atoms. The second kappa shape index (κ2) is 7.82. The molecule has 1 aliphatic rings. The third kappa shape index (κ3) is 3.63. The Kier molecular flexibility index (Phi) is 4.85. The lowest BCUT2D eigenvalue weighted by Crippen LogP contribution is -2.50. The number of piperidine rings is 1. The van der Waals surface area contributed by atoms with Crippen LogP contribution < -0.4 is 5.32 Å². The number of hydrogen-bond donors (Lipinski definition) is 1. The Morgan fingerprint density at radius 2 is 1.94 bits per heavy atom. The Morgan fingerprint density at radius 3 is 2.77 bits per heavy atom. The average Bonchev–Trinajstić information content (AvgIpc) is 3.44. The van der Waals surface area contributed by atoms with Gasteiger partial charge in [0.05, 0.1) is 29.3 Å². The van der Waals surface area contributed by atoms with Crippen LogP contribution in [0, 0.1) is 6.92 Å². The topological polar surface area (TPSA) is 93.2 Å². The number of benzene rings is 1. The number of fused-ring (bicyclic) bond motifs is 1. The number of likely N-dealkylation sites (tertiary alicyclic amines) is 1. The minimum absolute atomic E-state index is 0.0188. The number of amides is 1. The lowest BCUT2D eigenvalue weighted by atomic mass is 9.98. The van der Waals surface area contributed by atoms with Crippen molar-refractivity contribution in [3.63, 3.8) is 0 Å². The molecule has 0 saturated carbocycles. The van der Waals surface area contributed by atoms with Crippen molar-refractivity contribution in [2.24, 2.45) is 0 Å². The summed E-state index contributed by atoms with van der Waals surface area (Å²) in [6.45, 7) is 4.65. The minimum atomic E-state index is -0.0188. The summed E-state index contributed by atoms with van der Waals surface area (Å²) in [5.41, 5.74) is 3.01. The fourth-order valence-electron chi connectivity index (χ4n) is 4.17. The number of carbonyl (C=O) groups excluding carboxylic acids is 1. The molecule has 1 amide bonds. The highest BCUT2D eigenvalue weighted by molar-refractivity contribution is 5.98. The molecule has 0 aliphatic carbocycles. The van der Waals surface area contributed by atoms with Crippen LogP contribution in [0.15, 0.2) is 55.2 Å². The molecule has 1 aromatic carbocycles. The number of nitrogens with one attached hydrogen (secondary N) is 1. The summed E-state index contributed by atoms with van der Waals surface area (Å²) in [6.07, 6.45) is 10.7. The molecule has 31 heavy (non-hydrogen) atoms. The number of para-hydroxylation sites is 1. The van der Waals surface area contributed by atoms with Crippen LogP contribution in [0.5, 0.6) is 0 Å². The van der Waals surface area contributed by atoms with Crippen LogP contribution in [0.1, 0.15) is 35.8 Å². The van der Waals surface area contributed by atoms with Gasteiger partial charge in [0, 0.05) is 37.2 Å². The largest absolute Gasteiger partial charge is 0.362 e. The molecule has 1 aliphatic heterocycles. The van der Waals surface area contributed by atoms with Gasteiger partial charge in [-0.2, -0.15) is 15.0 Å². The van der Waals surface area contributed by atoms with E-state index in [2.05, 4.69) is 32.4 Å². The number of hydrogen-bond acceptors (Lipinski definition) is 6. The summed E-state index contributed by atoms with van der Waals surface area (Å²) in [6, 6.07) is 7.68. The van der Waals surface area contributed by atoms with Gasteiger partial charge < -0.3 is 14.6 Å². The lowest BCUT2D eigenvalue weighted by Gasteiger charge is -2.38. The molecular formula is C22H24N8O. The monoisotopic (exact) mass is 416 g/mol. The smallest absolute Gasteiger partial charge is 0.256 e. The Hall–Kier alpha value is -3.75. The van der Waals surface area contributed by atoms with Crippen molar-refractivity contribution in [3.8, 4) is 5.69 Å². The van der Waals surface area contributed by atoms with Crippen molar-refractivity contribution < 1.29 is 4.79 Å². The summed E-state index contributed by atoms with van der Waals surface area (Å²) in [7, 11) is 0. The van der Waals surface area contributed by atoms with E-state index in [1.165, 1.54) is 4.80 Å². The molecule has 1 fully saturated rings. The van der Waals surface area contributed by atoms with Crippen LogP contribution in [0.2, 0.25) is 0 Å². The third-order valence-corrected chi connectivity index (χ3v) is 5.75. The summed E-state index contributed by atoms with van der Waals surface area (Å²) < 4.78 is 1.96. The Balaban J connectivity index is 1.40. The maximum Gasteiger partial charge on any atom is 0.256 e. The van der Waals surface area contributed by atoms with Crippen molar-refractivity contribution >= 4 is 17.4 Å². The van der Waals surface area contributed by atoms with E-state index in [4.69, 9.17) is 0 Å². The van der Waals surface area contributed by atoms with Crippen molar-refractivity contribution in [1.29, 1.82) is 0 Å². The number of imidazole rings is 1. The van der Waals surface area contributed by atoms with Gasteiger partial charge in [-0.05, 0) is 38.8 Å². The molecule has 1 unspecified atom stereocenters. The highest BCUT2D eigenvalue weighted by Crippen LogP contribution is 2.25.